The molecule has 0 aliphatic carbocycles. The van der Waals surface area contributed by atoms with Gasteiger partial charge in [-0.15, -0.1) is 0 Å². The van der Waals surface area contributed by atoms with Gasteiger partial charge in [-0.25, -0.2) is 18.1 Å². The van der Waals surface area contributed by atoms with Crippen LogP contribution in [-0.2, 0) is 16.6 Å². The predicted molar refractivity (Wildman–Crippen MR) is 104 cm³/mol. The summed E-state index contributed by atoms with van der Waals surface area (Å²) < 4.78 is 26.3. The number of aromatic nitrogens is 1. The van der Waals surface area contributed by atoms with E-state index in [1.165, 1.54) is 37.1 Å². The van der Waals surface area contributed by atoms with Crippen molar-refractivity contribution in [2.24, 2.45) is 0 Å². The molecule has 0 spiro atoms. The Morgan fingerprint density at radius 3 is 2.41 bits per heavy atom. The zero-order valence-electron chi connectivity index (χ0n) is 15.3. The SMILES string of the molecule is CCNS(=O)(=O)c1ccc(C(=O)NCc2ccc(N3CCCC3)nc2)cc1. The van der Waals surface area contributed by atoms with Crippen LogP contribution in [0.1, 0.15) is 35.7 Å². The van der Waals surface area contributed by atoms with Crippen LogP contribution in [0.5, 0.6) is 0 Å². The van der Waals surface area contributed by atoms with E-state index in [1.54, 1.807) is 13.1 Å². The van der Waals surface area contributed by atoms with Crippen molar-refractivity contribution in [2.75, 3.05) is 24.5 Å². The maximum atomic E-state index is 12.3. The Balaban J connectivity index is 1.57. The summed E-state index contributed by atoms with van der Waals surface area (Å²) >= 11 is 0. The predicted octanol–water partition coefficient (Wildman–Crippen LogP) is 1.91. The van der Waals surface area contributed by atoms with Gasteiger partial charge < -0.3 is 10.2 Å². The minimum absolute atomic E-state index is 0.141. The average Bonchev–Trinajstić information content (AvgIpc) is 3.21. The molecule has 1 saturated heterocycles. The molecule has 1 fully saturated rings. The first-order valence-electron chi connectivity index (χ1n) is 9.07. The van der Waals surface area contributed by atoms with Gasteiger partial charge in [0.1, 0.15) is 5.82 Å². The summed E-state index contributed by atoms with van der Waals surface area (Å²) in [5.41, 5.74) is 1.32. The van der Waals surface area contributed by atoms with Crippen molar-refractivity contribution < 1.29 is 13.2 Å². The van der Waals surface area contributed by atoms with Crippen LogP contribution in [0.15, 0.2) is 47.5 Å². The molecule has 2 aromatic rings. The van der Waals surface area contributed by atoms with Gasteiger partial charge in [-0.05, 0) is 48.7 Å². The summed E-state index contributed by atoms with van der Waals surface area (Å²) in [7, 11) is -3.51. The lowest BCUT2D eigenvalue weighted by atomic mass is 10.2. The molecule has 27 heavy (non-hydrogen) atoms. The quantitative estimate of drug-likeness (QED) is 0.756. The Kier molecular flexibility index (Phi) is 6.08. The minimum Gasteiger partial charge on any atom is -0.357 e. The smallest absolute Gasteiger partial charge is 0.251 e. The lowest BCUT2D eigenvalue weighted by molar-refractivity contribution is 0.0951. The molecule has 0 radical (unpaired) electrons. The van der Waals surface area contributed by atoms with Crippen molar-refractivity contribution in [3.63, 3.8) is 0 Å². The second-order valence-corrected chi connectivity index (χ2v) is 8.19. The van der Waals surface area contributed by atoms with E-state index in [-0.39, 0.29) is 10.8 Å². The summed E-state index contributed by atoms with van der Waals surface area (Å²) in [5.74, 6) is 0.714. The molecule has 1 amide bonds. The van der Waals surface area contributed by atoms with Crippen LogP contribution < -0.4 is 14.9 Å². The van der Waals surface area contributed by atoms with E-state index in [0.717, 1.165) is 24.5 Å². The number of pyridine rings is 1. The lowest BCUT2D eigenvalue weighted by Gasteiger charge is -2.16. The fraction of sp³-hybridized carbons (Fsp3) is 0.368. The van der Waals surface area contributed by atoms with Crippen molar-refractivity contribution in [1.29, 1.82) is 0 Å². The Bertz CT molecular complexity index is 874. The van der Waals surface area contributed by atoms with Crippen molar-refractivity contribution in [1.82, 2.24) is 15.0 Å². The number of nitrogens with zero attached hydrogens (tertiary/aromatic N) is 2. The van der Waals surface area contributed by atoms with Crippen molar-refractivity contribution in [3.05, 3.63) is 53.7 Å². The Hall–Kier alpha value is -2.45. The van der Waals surface area contributed by atoms with Gasteiger partial charge in [0.05, 0.1) is 4.90 Å². The van der Waals surface area contributed by atoms with Gasteiger partial charge in [-0.3, -0.25) is 4.79 Å². The number of carbonyl (C=O) groups excluding carboxylic acids is 1. The molecule has 0 unspecified atom stereocenters. The molecule has 0 bridgehead atoms. The highest BCUT2D eigenvalue weighted by Gasteiger charge is 2.15. The molecule has 0 saturated carbocycles. The molecule has 144 valence electrons. The molecule has 1 aliphatic heterocycles. The third-order valence-electron chi connectivity index (χ3n) is 4.45. The van der Waals surface area contributed by atoms with E-state index in [1.807, 2.05) is 12.1 Å². The maximum absolute atomic E-state index is 12.3. The van der Waals surface area contributed by atoms with Gasteiger partial charge >= 0.3 is 0 Å². The zero-order chi connectivity index (χ0) is 19.3. The standard InChI is InChI=1S/C19H24N4O3S/c1-2-22-27(25,26)17-8-6-16(7-9-17)19(24)21-14-15-5-10-18(20-13-15)23-11-3-4-12-23/h5-10,13,22H,2-4,11-12,14H2,1H3,(H,21,24). The summed E-state index contributed by atoms with van der Waals surface area (Å²) in [6.45, 7) is 4.48. The largest absolute Gasteiger partial charge is 0.357 e. The van der Waals surface area contributed by atoms with Gasteiger partial charge in [0.15, 0.2) is 0 Å². The van der Waals surface area contributed by atoms with E-state index >= 15 is 0 Å². The van der Waals surface area contributed by atoms with Crippen LogP contribution in [0.4, 0.5) is 5.82 Å². The fourth-order valence-electron chi connectivity index (χ4n) is 3.00. The molecule has 1 aliphatic rings. The fourth-order valence-corrected chi connectivity index (χ4v) is 4.04. The Morgan fingerprint density at radius 1 is 1.11 bits per heavy atom. The van der Waals surface area contributed by atoms with Crippen molar-refractivity contribution in [3.8, 4) is 0 Å². The molecule has 2 heterocycles. The molecule has 7 nitrogen and oxygen atoms in total. The van der Waals surface area contributed by atoms with E-state index in [4.69, 9.17) is 0 Å². The van der Waals surface area contributed by atoms with Crippen molar-refractivity contribution in [2.45, 2.75) is 31.2 Å². The number of benzene rings is 1. The number of hydrogen-bond donors (Lipinski definition) is 2. The molecule has 0 atom stereocenters. The molecule has 3 rings (SSSR count). The van der Waals surface area contributed by atoms with Crippen LogP contribution in [0, 0.1) is 0 Å². The summed E-state index contributed by atoms with van der Waals surface area (Å²) in [6, 6.07) is 9.82. The molecular weight excluding hydrogens is 364 g/mol. The monoisotopic (exact) mass is 388 g/mol. The first-order valence-corrected chi connectivity index (χ1v) is 10.6. The number of anilines is 1. The summed E-state index contributed by atoms with van der Waals surface area (Å²) in [6.07, 6.45) is 4.18. The third kappa shape index (κ3) is 4.84. The van der Waals surface area contributed by atoms with Gasteiger partial charge in [0.25, 0.3) is 5.91 Å². The van der Waals surface area contributed by atoms with Crippen molar-refractivity contribution >= 4 is 21.7 Å². The van der Waals surface area contributed by atoms with E-state index in [9.17, 15) is 13.2 Å². The molecule has 1 aromatic carbocycles. The van der Waals surface area contributed by atoms with Gasteiger partial charge in [0.2, 0.25) is 10.0 Å². The van der Waals surface area contributed by atoms with Crippen LogP contribution in [-0.4, -0.2) is 38.9 Å². The first kappa shape index (κ1) is 19.3. The summed E-state index contributed by atoms with van der Waals surface area (Å²) in [5, 5.41) is 2.83. The van der Waals surface area contributed by atoms with Crippen LogP contribution in [0.2, 0.25) is 0 Å². The van der Waals surface area contributed by atoms with E-state index < -0.39 is 10.0 Å². The normalized spacial score (nSPS) is 14.3. The first-order chi connectivity index (χ1) is 13.0. The molecular formula is C19H24N4O3S. The Labute approximate surface area is 159 Å². The van der Waals surface area contributed by atoms with Crippen LogP contribution >= 0.6 is 0 Å². The Morgan fingerprint density at radius 2 is 1.81 bits per heavy atom. The average molecular weight is 388 g/mol. The van der Waals surface area contributed by atoms with Gasteiger partial charge in [-0.1, -0.05) is 13.0 Å². The number of rotatable bonds is 7. The second kappa shape index (κ2) is 8.49. The van der Waals surface area contributed by atoms with E-state index in [0.29, 0.717) is 18.7 Å². The number of amides is 1. The third-order valence-corrected chi connectivity index (χ3v) is 6.01. The molecule has 2 N–H and O–H groups in total. The van der Waals surface area contributed by atoms with E-state index in [2.05, 4.69) is 19.9 Å². The van der Waals surface area contributed by atoms with Gasteiger partial charge in [-0.2, -0.15) is 0 Å². The van der Waals surface area contributed by atoms with Crippen LogP contribution in [0.3, 0.4) is 0 Å². The number of sulfonamides is 1. The second-order valence-electron chi connectivity index (χ2n) is 6.43. The zero-order valence-corrected chi connectivity index (χ0v) is 16.1. The summed E-state index contributed by atoms with van der Waals surface area (Å²) in [4.78, 5) is 19.1. The molecule has 8 heteroatoms. The highest BCUT2D eigenvalue weighted by Crippen LogP contribution is 2.17. The number of carbonyl (C=O) groups is 1. The minimum atomic E-state index is -3.51. The van der Waals surface area contributed by atoms with Gasteiger partial charge in [0, 0.05) is 37.9 Å². The highest BCUT2D eigenvalue weighted by molar-refractivity contribution is 7.89. The highest BCUT2D eigenvalue weighted by atomic mass is 32.2. The number of nitrogens with one attached hydrogen (secondary N) is 2. The number of hydrogen-bond acceptors (Lipinski definition) is 5. The van der Waals surface area contributed by atoms with Crippen LogP contribution in [0.25, 0.3) is 0 Å². The molecule has 1 aromatic heterocycles. The lowest BCUT2D eigenvalue weighted by Crippen LogP contribution is -2.24. The topological polar surface area (TPSA) is 91.4 Å². The maximum Gasteiger partial charge on any atom is 0.251 e.